The molecule has 1 atom stereocenters. The molecule has 6 heteroatoms. The molecule has 2 aromatic rings. The topological polar surface area (TPSA) is 59.0 Å². The summed E-state index contributed by atoms with van der Waals surface area (Å²) >= 11 is 0. The Kier molecular flexibility index (Phi) is 5.21. The summed E-state index contributed by atoms with van der Waals surface area (Å²) in [6.07, 6.45) is 5.20. The maximum absolute atomic E-state index is 12.7. The fourth-order valence-electron chi connectivity index (χ4n) is 3.63. The lowest BCUT2D eigenvalue weighted by Gasteiger charge is -2.23. The van der Waals surface area contributed by atoms with Crippen LogP contribution in [0.2, 0.25) is 0 Å². The minimum atomic E-state index is -0.0217. The lowest BCUT2D eigenvalue weighted by atomic mass is 10.1. The van der Waals surface area contributed by atoms with Crippen molar-refractivity contribution in [1.29, 1.82) is 0 Å². The second-order valence-corrected chi connectivity index (χ2v) is 6.39. The van der Waals surface area contributed by atoms with Gasteiger partial charge in [-0.15, -0.1) is 12.4 Å². The summed E-state index contributed by atoms with van der Waals surface area (Å²) in [5, 5.41) is 11.1. The highest BCUT2D eigenvalue weighted by atomic mass is 35.5. The van der Waals surface area contributed by atoms with Gasteiger partial charge in [0.1, 0.15) is 0 Å². The number of amides is 1. The summed E-state index contributed by atoms with van der Waals surface area (Å²) < 4.78 is 1.95. The number of nitrogens with one attached hydrogen (secondary N) is 2. The van der Waals surface area contributed by atoms with Gasteiger partial charge in [0.05, 0.1) is 5.69 Å². The second-order valence-electron chi connectivity index (χ2n) is 6.39. The average molecular weight is 347 g/mol. The number of fused-ring (bicyclic) bond motifs is 1. The number of rotatable bonds is 3. The zero-order valence-corrected chi connectivity index (χ0v) is 14.4. The van der Waals surface area contributed by atoms with E-state index in [-0.39, 0.29) is 24.4 Å². The number of hydrogen-bond donors (Lipinski definition) is 2. The zero-order chi connectivity index (χ0) is 15.6. The number of aromatic nitrogens is 2. The molecule has 1 aromatic carbocycles. The molecule has 2 aliphatic rings. The standard InChI is InChI=1S/C18H22N4O.ClH/c23-18(20-13-6-5-11-19-12-13)17-15-9-4-10-16(15)22(21-17)14-7-2-1-3-8-14;/h1-3,7-8,13,19H,4-6,9-12H2,(H,20,23);1H/t13-;/m0./s1. The van der Waals surface area contributed by atoms with E-state index in [1.165, 1.54) is 5.69 Å². The lowest BCUT2D eigenvalue weighted by molar-refractivity contribution is 0.0924. The molecular formula is C18H23ClN4O. The van der Waals surface area contributed by atoms with Crippen LogP contribution in [-0.4, -0.2) is 34.8 Å². The number of para-hydroxylation sites is 1. The van der Waals surface area contributed by atoms with Crippen LogP contribution in [0.5, 0.6) is 0 Å². The molecule has 1 fully saturated rings. The van der Waals surface area contributed by atoms with Crippen LogP contribution >= 0.6 is 12.4 Å². The number of carbonyl (C=O) groups is 1. The van der Waals surface area contributed by atoms with Crippen LogP contribution < -0.4 is 10.6 Å². The van der Waals surface area contributed by atoms with Gasteiger partial charge in [0.15, 0.2) is 5.69 Å². The Labute approximate surface area is 148 Å². The van der Waals surface area contributed by atoms with E-state index < -0.39 is 0 Å². The lowest BCUT2D eigenvalue weighted by Crippen LogP contribution is -2.45. The third-order valence-electron chi connectivity index (χ3n) is 4.78. The molecule has 5 nitrogen and oxygen atoms in total. The predicted molar refractivity (Wildman–Crippen MR) is 96.2 cm³/mol. The van der Waals surface area contributed by atoms with Gasteiger partial charge in [0, 0.05) is 23.8 Å². The van der Waals surface area contributed by atoms with E-state index >= 15 is 0 Å². The Hall–Kier alpha value is -1.85. The fourth-order valence-corrected chi connectivity index (χ4v) is 3.63. The molecule has 0 spiro atoms. The Morgan fingerprint density at radius 3 is 2.79 bits per heavy atom. The van der Waals surface area contributed by atoms with Crippen LogP contribution in [-0.2, 0) is 12.8 Å². The van der Waals surface area contributed by atoms with Crippen molar-refractivity contribution in [2.24, 2.45) is 0 Å². The molecule has 1 aliphatic carbocycles. The van der Waals surface area contributed by atoms with E-state index in [1.807, 2.05) is 35.0 Å². The summed E-state index contributed by atoms with van der Waals surface area (Å²) in [5.74, 6) is -0.0217. The van der Waals surface area contributed by atoms with Crippen LogP contribution in [0.25, 0.3) is 5.69 Å². The highest BCUT2D eigenvalue weighted by Gasteiger charge is 2.28. The van der Waals surface area contributed by atoms with Crippen molar-refractivity contribution < 1.29 is 4.79 Å². The van der Waals surface area contributed by atoms with Crippen LogP contribution in [0.4, 0.5) is 0 Å². The number of piperidine rings is 1. The monoisotopic (exact) mass is 346 g/mol. The van der Waals surface area contributed by atoms with Gasteiger partial charge in [-0.1, -0.05) is 18.2 Å². The molecule has 2 N–H and O–H groups in total. The normalized spacial score (nSPS) is 19.4. The van der Waals surface area contributed by atoms with Gasteiger partial charge < -0.3 is 10.6 Å². The SMILES string of the molecule is Cl.O=C(N[C@H]1CCCNC1)c1nn(-c2ccccc2)c2c1CCC2. The van der Waals surface area contributed by atoms with Crippen molar-refractivity contribution in [3.63, 3.8) is 0 Å². The molecule has 128 valence electrons. The summed E-state index contributed by atoms with van der Waals surface area (Å²) in [7, 11) is 0. The Bertz CT molecular complexity index is 707. The first-order valence-corrected chi connectivity index (χ1v) is 8.51. The third-order valence-corrected chi connectivity index (χ3v) is 4.78. The summed E-state index contributed by atoms with van der Waals surface area (Å²) in [4.78, 5) is 12.7. The van der Waals surface area contributed by atoms with E-state index in [2.05, 4.69) is 15.7 Å². The fraction of sp³-hybridized carbons (Fsp3) is 0.444. The first-order chi connectivity index (χ1) is 11.3. The molecule has 1 aliphatic heterocycles. The van der Waals surface area contributed by atoms with Crippen molar-refractivity contribution >= 4 is 18.3 Å². The van der Waals surface area contributed by atoms with Crippen molar-refractivity contribution in [3.8, 4) is 5.69 Å². The number of halogens is 1. The second kappa shape index (κ2) is 7.36. The van der Waals surface area contributed by atoms with Crippen LogP contribution in [0.15, 0.2) is 30.3 Å². The molecule has 0 unspecified atom stereocenters. The van der Waals surface area contributed by atoms with Gasteiger partial charge in [-0.3, -0.25) is 4.79 Å². The highest BCUT2D eigenvalue weighted by Crippen LogP contribution is 2.27. The maximum atomic E-state index is 12.7. The zero-order valence-electron chi connectivity index (χ0n) is 13.6. The molecule has 0 radical (unpaired) electrons. The molecule has 4 rings (SSSR count). The molecule has 0 bridgehead atoms. The summed E-state index contributed by atoms with van der Waals surface area (Å²) in [6, 6.07) is 10.3. The molecule has 1 saturated heterocycles. The van der Waals surface area contributed by atoms with Gasteiger partial charge >= 0.3 is 0 Å². The predicted octanol–water partition coefficient (Wildman–Crippen LogP) is 2.26. The minimum Gasteiger partial charge on any atom is -0.347 e. The van der Waals surface area contributed by atoms with E-state index in [0.717, 1.165) is 56.4 Å². The molecular weight excluding hydrogens is 324 g/mol. The molecule has 0 saturated carbocycles. The molecule has 2 heterocycles. The van der Waals surface area contributed by atoms with Gasteiger partial charge in [0.2, 0.25) is 0 Å². The smallest absolute Gasteiger partial charge is 0.272 e. The van der Waals surface area contributed by atoms with Crippen molar-refractivity contribution in [2.75, 3.05) is 13.1 Å². The molecule has 1 amide bonds. The van der Waals surface area contributed by atoms with Gasteiger partial charge in [-0.2, -0.15) is 5.10 Å². The largest absolute Gasteiger partial charge is 0.347 e. The number of benzene rings is 1. The summed E-state index contributed by atoms with van der Waals surface area (Å²) in [6.45, 7) is 1.90. The Balaban J connectivity index is 0.00000169. The van der Waals surface area contributed by atoms with Gasteiger partial charge in [0.25, 0.3) is 5.91 Å². The van der Waals surface area contributed by atoms with E-state index in [1.54, 1.807) is 0 Å². The minimum absolute atomic E-state index is 0. The average Bonchev–Trinajstić information content (AvgIpc) is 3.18. The van der Waals surface area contributed by atoms with Crippen LogP contribution in [0.3, 0.4) is 0 Å². The van der Waals surface area contributed by atoms with Crippen molar-refractivity contribution in [2.45, 2.75) is 38.1 Å². The molecule has 1 aromatic heterocycles. The van der Waals surface area contributed by atoms with E-state index in [4.69, 9.17) is 0 Å². The van der Waals surface area contributed by atoms with Gasteiger partial charge in [-0.25, -0.2) is 4.68 Å². The van der Waals surface area contributed by atoms with E-state index in [0.29, 0.717) is 5.69 Å². The van der Waals surface area contributed by atoms with Crippen molar-refractivity contribution in [1.82, 2.24) is 20.4 Å². The Morgan fingerprint density at radius 2 is 2.04 bits per heavy atom. The third kappa shape index (κ3) is 3.19. The highest BCUT2D eigenvalue weighted by molar-refractivity contribution is 5.94. The Morgan fingerprint density at radius 1 is 1.21 bits per heavy atom. The van der Waals surface area contributed by atoms with Gasteiger partial charge in [-0.05, 0) is 50.8 Å². The van der Waals surface area contributed by atoms with Crippen molar-refractivity contribution in [3.05, 3.63) is 47.3 Å². The number of carbonyl (C=O) groups excluding carboxylic acids is 1. The van der Waals surface area contributed by atoms with Crippen LogP contribution in [0, 0.1) is 0 Å². The molecule has 24 heavy (non-hydrogen) atoms. The first kappa shape index (κ1) is 17.0. The number of hydrogen-bond acceptors (Lipinski definition) is 3. The summed E-state index contributed by atoms with van der Waals surface area (Å²) in [5.41, 5.74) is 3.98. The number of nitrogens with zero attached hydrogens (tertiary/aromatic N) is 2. The van der Waals surface area contributed by atoms with E-state index in [9.17, 15) is 4.79 Å². The first-order valence-electron chi connectivity index (χ1n) is 8.51. The quantitative estimate of drug-likeness (QED) is 0.896. The maximum Gasteiger partial charge on any atom is 0.272 e. The van der Waals surface area contributed by atoms with Crippen LogP contribution in [0.1, 0.15) is 41.0 Å².